The van der Waals surface area contributed by atoms with Crippen molar-refractivity contribution >= 4 is 56.9 Å². The van der Waals surface area contributed by atoms with Gasteiger partial charge in [0.2, 0.25) is 0 Å². The maximum Gasteiger partial charge on any atom is 0.341 e. The summed E-state index contributed by atoms with van der Waals surface area (Å²) in [5, 5.41) is 13.0. The van der Waals surface area contributed by atoms with Crippen LogP contribution in [0.3, 0.4) is 0 Å². The smallest absolute Gasteiger partial charge is 0.341 e. The first kappa shape index (κ1) is 23.7. The first-order valence-corrected chi connectivity index (χ1v) is 12.7. The van der Waals surface area contributed by atoms with Gasteiger partial charge >= 0.3 is 5.97 Å². The van der Waals surface area contributed by atoms with Gasteiger partial charge in [-0.05, 0) is 75.0 Å². The van der Waals surface area contributed by atoms with Crippen LogP contribution in [0.15, 0.2) is 30.5 Å². The largest absolute Gasteiger partial charge is 0.462 e. The zero-order chi connectivity index (χ0) is 23.4. The van der Waals surface area contributed by atoms with Crippen LogP contribution in [-0.4, -0.2) is 27.5 Å². The van der Waals surface area contributed by atoms with E-state index < -0.39 is 0 Å². The minimum absolute atomic E-state index is 0.283. The molecule has 4 rings (SSSR count). The Labute approximate surface area is 208 Å². The number of fused-ring (bicyclic) bond motifs is 1. The van der Waals surface area contributed by atoms with E-state index >= 15 is 0 Å². The van der Waals surface area contributed by atoms with Crippen LogP contribution in [0.2, 0.25) is 5.02 Å². The number of nitrogens with zero attached hydrogens (tertiary/aromatic N) is 2. The number of carbonyl (C=O) groups is 1. The Kier molecular flexibility index (Phi) is 7.67. The monoisotopic (exact) mass is 502 g/mol. The molecule has 9 heteroatoms. The lowest BCUT2D eigenvalue weighted by molar-refractivity contribution is 0.0527. The van der Waals surface area contributed by atoms with Crippen molar-refractivity contribution in [2.45, 2.75) is 52.5 Å². The molecule has 6 nitrogen and oxygen atoms in total. The van der Waals surface area contributed by atoms with Crippen molar-refractivity contribution in [1.29, 1.82) is 0 Å². The lowest BCUT2D eigenvalue weighted by atomic mass is 10.1. The molecule has 0 bridgehead atoms. The van der Waals surface area contributed by atoms with Crippen molar-refractivity contribution in [3.63, 3.8) is 0 Å². The molecule has 1 aromatic carbocycles. The highest BCUT2D eigenvalue weighted by atomic mass is 35.5. The number of hydrogen-bond donors (Lipinski definition) is 2. The minimum atomic E-state index is -0.283. The number of aromatic nitrogens is 2. The van der Waals surface area contributed by atoms with Gasteiger partial charge in [0.1, 0.15) is 5.00 Å². The molecule has 2 heterocycles. The third kappa shape index (κ3) is 5.75. The van der Waals surface area contributed by atoms with Crippen molar-refractivity contribution in [1.82, 2.24) is 9.78 Å². The van der Waals surface area contributed by atoms with Gasteiger partial charge in [-0.3, -0.25) is 4.68 Å². The number of thiocarbonyl (C=S) groups is 1. The van der Waals surface area contributed by atoms with Gasteiger partial charge in [0.05, 0.1) is 30.1 Å². The van der Waals surface area contributed by atoms with E-state index in [0.717, 1.165) is 53.2 Å². The van der Waals surface area contributed by atoms with Gasteiger partial charge in [0.25, 0.3) is 0 Å². The van der Waals surface area contributed by atoms with Crippen molar-refractivity contribution in [2.24, 2.45) is 0 Å². The van der Waals surface area contributed by atoms with Crippen molar-refractivity contribution in [3.8, 4) is 0 Å². The number of carbonyl (C=O) groups excluding carboxylic acids is 1. The minimum Gasteiger partial charge on any atom is -0.462 e. The Morgan fingerprint density at radius 2 is 1.97 bits per heavy atom. The second kappa shape index (κ2) is 10.7. The number of rotatable bonds is 6. The van der Waals surface area contributed by atoms with E-state index in [1.165, 1.54) is 11.3 Å². The number of ether oxygens (including phenoxy) is 1. The van der Waals surface area contributed by atoms with E-state index in [-0.39, 0.29) is 5.97 Å². The molecule has 174 valence electrons. The van der Waals surface area contributed by atoms with Gasteiger partial charge in [-0.25, -0.2) is 4.79 Å². The molecular formula is C24H27ClN4O2S2. The van der Waals surface area contributed by atoms with Gasteiger partial charge in [0.15, 0.2) is 5.11 Å². The molecule has 0 saturated carbocycles. The molecule has 0 radical (unpaired) electrons. The molecule has 0 amide bonds. The fourth-order valence-electron chi connectivity index (χ4n) is 4.01. The van der Waals surface area contributed by atoms with Crippen molar-refractivity contribution < 1.29 is 9.53 Å². The summed E-state index contributed by atoms with van der Waals surface area (Å²) in [4.78, 5) is 14.0. The Morgan fingerprint density at radius 1 is 1.21 bits per heavy atom. The van der Waals surface area contributed by atoms with Crippen LogP contribution in [0.1, 0.15) is 58.2 Å². The summed E-state index contributed by atoms with van der Waals surface area (Å²) < 4.78 is 7.22. The molecule has 3 aromatic rings. The first-order valence-electron chi connectivity index (χ1n) is 11.1. The van der Waals surface area contributed by atoms with E-state index in [0.29, 0.717) is 28.9 Å². The fourth-order valence-corrected chi connectivity index (χ4v) is 5.69. The Bertz CT molecular complexity index is 1150. The third-order valence-electron chi connectivity index (χ3n) is 5.58. The van der Waals surface area contributed by atoms with E-state index in [2.05, 4.69) is 15.7 Å². The molecule has 1 aliphatic carbocycles. The lowest BCUT2D eigenvalue weighted by Crippen LogP contribution is -2.20. The molecule has 1 aliphatic rings. The van der Waals surface area contributed by atoms with E-state index in [4.69, 9.17) is 28.6 Å². The topological polar surface area (TPSA) is 68.2 Å². The van der Waals surface area contributed by atoms with Crippen LogP contribution in [-0.2, 0) is 24.1 Å². The van der Waals surface area contributed by atoms with E-state index in [9.17, 15) is 4.79 Å². The molecule has 2 aromatic heterocycles. The molecule has 0 aliphatic heterocycles. The van der Waals surface area contributed by atoms with Gasteiger partial charge in [0, 0.05) is 16.1 Å². The van der Waals surface area contributed by atoms with Crippen LogP contribution < -0.4 is 10.6 Å². The zero-order valence-corrected chi connectivity index (χ0v) is 21.1. The Morgan fingerprint density at radius 3 is 2.73 bits per heavy atom. The van der Waals surface area contributed by atoms with E-state index in [1.54, 1.807) is 11.3 Å². The van der Waals surface area contributed by atoms with Crippen LogP contribution in [0.25, 0.3) is 0 Å². The van der Waals surface area contributed by atoms with Crippen LogP contribution in [0.5, 0.6) is 0 Å². The SMILES string of the molecule is CCOC(=O)c1c(NC(=S)Nc2cn(Cc3ccc(Cl)cc3)nc2C)sc2c1CCCCC2. The number of aryl methyl sites for hydroxylation is 2. The van der Waals surface area contributed by atoms with Gasteiger partial charge in [-0.15, -0.1) is 11.3 Å². The molecule has 0 spiro atoms. The van der Waals surface area contributed by atoms with Crippen LogP contribution in [0.4, 0.5) is 10.7 Å². The summed E-state index contributed by atoms with van der Waals surface area (Å²) in [6.45, 7) is 4.73. The number of thiophene rings is 1. The standard InChI is InChI=1S/C24H27ClN4O2S2/c1-3-31-23(30)21-18-7-5-4-6-8-20(18)33-22(21)27-24(32)26-19-14-29(28-15(19)2)13-16-9-11-17(25)12-10-16/h9-12,14H,3-8,13H2,1-2H3,(H2,26,27,32). The van der Waals surface area contributed by atoms with Crippen molar-refractivity contribution in [2.75, 3.05) is 17.2 Å². The summed E-state index contributed by atoms with van der Waals surface area (Å²) in [5.74, 6) is -0.283. The van der Waals surface area contributed by atoms with Crippen LogP contribution in [0, 0.1) is 6.92 Å². The molecule has 0 atom stereocenters. The fraction of sp³-hybridized carbons (Fsp3) is 0.375. The molecule has 33 heavy (non-hydrogen) atoms. The average Bonchev–Trinajstić information content (AvgIpc) is 3.19. The maximum atomic E-state index is 12.8. The molecule has 0 saturated heterocycles. The summed E-state index contributed by atoms with van der Waals surface area (Å²) in [6.07, 6.45) is 7.23. The van der Waals surface area contributed by atoms with Crippen LogP contribution >= 0.6 is 35.2 Å². The second-order valence-corrected chi connectivity index (χ2v) is 9.97. The highest BCUT2D eigenvalue weighted by molar-refractivity contribution is 7.80. The first-order chi connectivity index (χ1) is 15.9. The third-order valence-corrected chi connectivity index (χ3v) is 7.24. The number of benzene rings is 1. The summed E-state index contributed by atoms with van der Waals surface area (Å²) >= 11 is 13.2. The molecule has 0 unspecified atom stereocenters. The van der Waals surface area contributed by atoms with E-state index in [1.807, 2.05) is 49.0 Å². The number of esters is 1. The van der Waals surface area contributed by atoms with Gasteiger partial charge in [-0.2, -0.15) is 5.10 Å². The van der Waals surface area contributed by atoms with Gasteiger partial charge in [-0.1, -0.05) is 30.2 Å². The number of nitrogens with one attached hydrogen (secondary N) is 2. The maximum absolute atomic E-state index is 12.8. The molecular weight excluding hydrogens is 476 g/mol. The molecule has 2 N–H and O–H groups in total. The summed E-state index contributed by atoms with van der Waals surface area (Å²) in [7, 11) is 0. The molecule has 0 fully saturated rings. The average molecular weight is 503 g/mol. The Balaban J connectivity index is 1.49. The summed E-state index contributed by atoms with van der Waals surface area (Å²) in [6, 6.07) is 7.71. The van der Waals surface area contributed by atoms with Crippen molar-refractivity contribution in [3.05, 3.63) is 62.7 Å². The zero-order valence-electron chi connectivity index (χ0n) is 18.7. The predicted molar refractivity (Wildman–Crippen MR) is 139 cm³/mol. The Hall–Kier alpha value is -2.42. The number of halogens is 1. The number of anilines is 2. The number of hydrogen-bond acceptors (Lipinski definition) is 5. The normalized spacial score (nSPS) is 13.2. The highest BCUT2D eigenvalue weighted by Crippen LogP contribution is 2.38. The second-order valence-electron chi connectivity index (χ2n) is 8.02. The lowest BCUT2D eigenvalue weighted by Gasteiger charge is -2.11. The quantitative estimate of drug-likeness (QED) is 0.237. The highest BCUT2D eigenvalue weighted by Gasteiger charge is 2.26. The summed E-state index contributed by atoms with van der Waals surface area (Å²) in [5.41, 5.74) is 4.51. The predicted octanol–water partition coefficient (Wildman–Crippen LogP) is 6.21. The van der Waals surface area contributed by atoms with Gasteiger partial charge < -0.3 is 15.4 Å².